The first-order valence-electron chi connectivity index (χ1n) is 3.52. The molecule has 0 aromatic heterocycles. The quantitative estimate of drug-likeness (QED) is 0.258. The van der Waals surface area contributed by atoms with Crippen LogP contribution in [0.2, 0.25) is 0 Å². The van der Waals surface area contributed by atoms with Gasteiger partial charge in [0, 0.05) is 33.2 Å². The van der Waals surface area contributed by atoms with Crippen LogP contribution in [-0.4, -0.2) is 11.1 Å². The Kier molecular flexibility index (Phi) is 5.55. The Bertz CT molecular complexity index is 351. The summed E-state index contributed by atoms with van der Waals surface area (Å²) in [4.78, 5) is 20.3. The van der Waals surface area contributed by atoms with Gasteiger partial charge in [0.2, 0.25) is 0 Å². The molecule has 15 heavy (non-hydrogen) atoms. The molecular weight excluding hydrogens is 374 g/mol. The summed E-state index contributed by atoms with van der Waals surface area (Å²) >= 11 is 0. The third-order valence-electron chi connectivity index (χ3n) is 1.37. The van der Waals surface area contributed by atoms with Gasteiger partial charge in [-0.3, -0.25) is 10.1 Å². The minimum atomic E-state index is -0.973. The van der Waals surface area contributed by atoms with Gasteiger partial charge in [0.25, 0.3) is 5.69 Å². The van der Waals surface area contributed by atoms with Crippen molar-refractivity contribution in [1.29, 1.82) is 0 Å². The van der Waals surface area contributed by atoms with E-state index in [0.29, 0.717) is 0 Å². The molecule has 1 aromatic rings. The zero-order chi connectivity index (χ0) is 10.6. The van der Waals surface area contributed by atoms with Crippen molar-refractivity contribution in [2.45, 2.75) is 0 Å². The van der Waals surface area contributed by atoms with Crippen LogP contribution in [0.3, 0.4) is 0 Å². The summed E-state index contributed by atoms with van der Waals surface area (Å²) in [6.07, 6.45) is -0.973. The van der Waals surface area contributed by atoms with Crippen molar-refractivity contribution in [3.63, 3.8) is 0 Å². The summed E-state index contributed by atoms with van der Waals surface area (Å²) in [7, 11) is 2.84. The number of carbonyl (C=O) groups is 1. The Balaban J connectivity index is 0.00000196. The van der Waals surface area contributed by atoms with Gasteiger partial charge in [-0.25, -0.2) is 4.79 Å². The molecule has 0 amide bonds. The molecule has 0 fully saturated rings. The molecule has 0 saturated carbocycles. The average molecular weight is 380 g/mol. The fourth-order valence-electron chi connectivity index (χ4n) is 0.762. The second-order valence-corrected chi connectivity index (χ2v) is 2.25. The number of carbonyl (C=O) groups excluding carboxylic acids is 1. The smallest absolute Gasteiger partial charge is 0.481 e. The van der Waals surface area contributed by atoms with Crippen molar-refractivity contribution in [2.75, 3.05) is 0 Å². The third kappa shape index (κ3) is 4.08. The van der Waals surface area contributed by atoms with E-state index in [9.17, 15) is 14.9 Å². The van der Waals surface area contributed by atoms with Crippen LogP contribution in [0.15, 0.2) is 24.3 Å². The Morgan fingerprint density at radius 2 is 1.87 bits per heavy atom. The van der Waals surface area contributed by atoms with E-state index in [1.807, 2.05) is 0 Å². The van der Waals surface area contributed by atoms with Crippen molar-refractivity contribution in [3.8, 4) is 5.75 Å². The van der Waals surface area contributed by atoms with Crippen LogP contribution >= 0.6 is 0 Å². The van der Waals surface area contributed by atoms with Gasteiger partial charge in [0.15, 0.2) is 0 Å². The largest absolute Gasteiger partial charge is 0.609 e. The predicted octanol–water partition coefficient (Wildman–Crippen LogP) is 1.90. The molecule has 0 atom stereocenters. The molecule has 7 heteroatoms. The van der Waals surface area contributed by atoms with E-state index in [1.54, 1.807) is 0 Å². The third-order valence-corrected chi connectivity index (χ3v) is 1.37. The standard InChI is InChI=1S/C8H6NO5.W/c1-13-8(10)14-7-4-2-6(3-5-7)9(11)12;/h2-5H,1H2;/q-1;. The molecule has 0 heterocycles. The second kappa shape index (κ2) is 6.14. The van der Waals surface area contributed by atoms with Crippen molar-refractivity contribution in [3.05, 3.63) is 41.5 Å². The molecule has 0 bridgehead atoms. The summed E-state index contributed by atoms with van der Waals surface area (Å²) in [6.45, 7) is 0. The van der Waals surface area contributed by atoms with E-state index < -0.39 is 11.1 Å². The van der Waals surface area contributed by atoms with Crippen molar-refractivity contribution in [1.82, 2.24) is 0 Å². The zero-order valence-electron chi connectivity index (χ0n) is 7.41. The van der Waals surface area contributed by atoms with E-state index in [4.69, 9.17) is 0 Å². The fourth-order valence-corrected chi connectivity index (χ4v) is 0.762. The van der Waals surface area contributed by atoms with Gasteiger partial charge in [-0.2, -0.15) is 7.11 Å². The predicted molar refractivity (Wildman–Crippen MR) is 45.6 cm³/mol. The molecule has 0 aliphatic rings. The summed E-state index contributed by atoms with van der Waals surface area (Å²) in [5.41, 5.74) is -0.0830. The van der Waals surface area contributed by atoms with Gasteiger partial charge >= 0.3 is 6.16 Å². The number of nitro benzene ring substituents is 1. The van der Waals surface area contributed by atoms with Crippen LogP contribution in [0.25, 0.3) is 0 Å². The van der Waals surface area contributed by atoms with E-state index in [1.165, 1.54) is 24.3 Å². The zero-order valence-corrected chi connectivity index (χ0v) is 10.3. The molecule has 0 aliphatic heterocycles. The fraction of sp³-hybridized carbons (Fsp3) is 0. The molecule has 1 aromatic carbocycles. The minimum Gasteiger partial charge on any atom is -0.609 e. The maximum atomic E-state index is 10.6. The van der Waals surface area contributed by atoms with E-state index >= 15 is 0 Å². The van der Waals surface area contributed by atoms with Crippen LogP contribution < -0.4 is 4.74 Å². The van der Waals surface area contributed by atoms with Crippen molar-refractivity contribution < 1.29 is 40.3 Å². The monoisotopic (exact) mass is 380 g/mol. The van der Waals surface area contributed by atoms with Crippen molar-refractivity contribution in [2.24, 2.45) is 0 Å². The number of benzene rings is 1. The number of non-ortho nitro benzene ring substituents is 1. The van der Waals surface area contributed by atoms with E-state index in [-0.39, 0.29) is 32.5 Å². The van der Waals surface area contributed by atoms with Crippen molar-refractivity contribution >= 4 is 11.8 Å². The Hall–Kier alpha value is -1.42. The number of hydrogen-bond acceptors (Lipinski definition) is 5. The SMILES string of the molecule is [CH2-]OC(=O)Oc1ccc([N+](=O)[O-])cc1.[W]. The van der Waals surface area contributed by atoms with E-state index in [2.05, 4.69) is 16.6 Å². The number of nitrogens with zero attached hydrogens (tertiary/aromatic N) is 1. The first-order valence-corrected chi connectivity index (χ1v) is 3.52. The maximum Gasteiger partial charge on any atom is 0.481 e. The number of nitro groups is 1. The number of ether oxygens (including phenoxy) is 2. The first-order chi connectivity index (χ1) is 6.63. The van der Waals surface area contributed by atoms with Gasteiger partial charge in [0.05, 0.1) is 4.92 Å². The molecule has 80 valence electrons. The van der Waals surface area contributed by atoms with Gasteiger partial charge < -0.3 is 9.47 Å². The molecule has 0 spiro atoms. The summed E-state index contributed by atoms with van der Waals surface area (Å²) in [6, 6.07) is 5.00. The second-order valence-electron chi connectivity index (χ2n) is 2.25. The molecule has 0 aliphatic carbocycles. The average Bonchev–Trinajstić information content (AvgIpc) is 2.18. The molecule has 0 N–H and O–H groups in total. The molecule has 0 saturated heterocycles. The van der Waals surface area contributed by atoms with Gasteiger partial charge in [-0.15, -0.1) is 0 Å². The minimum absolute atomic E-state index is 0. The summed E-state index contributed by atoms with van der Waals surface area (Å²) in [5.74, 6) is 0.157. The van der Waals surface area contributed by atoms with Crippen LogP contribution in [-0.2, 0) is 25.8 Å². The Labute approximate surface area is 99.6 Å². The number of hydrogen-bond donors (Lipinski definition) is 0. The molecule has 0 unspecified atom stereocenters. The van der Waals surface area contributed by atoms with Gasteiger partial charge in [0.1, 0.15) is 5.75 Å². The van der Waals surface area contributed by atoms with Gasteiger partial charge in [-0.1, -0.05) is 0 Å². The van der Waals surface area contributed by atoms with Gasteiger partial charge in [-0.05, 0) is 12.1 Å². The maximum absolute atomic E-state index is 10.6. The normalized spacial score (nSPS) is 8.60. The topological polar surface area (TPSA) is 78.7 Å². The molecule has 0 radical (unpaired) electrons. The van der Waals surface area contributed by atoms with Crippen LogP contribution in [0.5, 0.6) is 5.75 Å². The Morgan fingerprint density at radius 1 is 1.33 bits per heavy atom. The summed E-state index contributed by atoms with van der Waals surface area (Å²) < 4.78 is 8.54. The van der Waals surface area contributed by atoms with Crippen LogP contribution in [0.1, 0.15) is 0 Å². The molecule has 1 rings (SSSR count). The molecular formula is C8H6NO5W-. The summed E-state index contributed by atoms with van der Waals surface area (Å²) in [5, 5.41) is 10.3. The van der Waals surface area contributed by atoms with Crippen LogP contribution in [0, 0.1) is 17.2 Å². The molecule has 6 nitrogen and oxygen atoms in total. The van der Waals surface area contributed by atoms with E-state index in [0.717, 1.165) is 0 Å². The van der Waals surface area contributed by atoms with Crippen LogP contribution in [0.4, 0.5) is 10.5 Å². The number of rotatable bonds is 2. The Morgan fingerprint density at radius 3 is 2.27 bits per heavy atom. The first kappa shape index (κ1) is 13.6.